The third-order valence-electron chi connectivity index (χ3n) is 4.64. The normalized spacial score (nSPS) is 12.0. The van der Waals surface area contributed by atoms with Crippen LogP contribution in [0.15, 0.2) is 47.3 Å². The van der Waals surface area contributed by atoms with Crippen molar-refractivity contribution in [3.8, 4) is 0 Å². The molecule has 0 unspecified atom stereocenters. The molecule has 2 aromatic carbocycles. The SMILES string of the molecule is CCNn1c(C)c(C(=O)N[C@@H](C)c2cccc(F)c2)c2cccc(F)c2c1=O. The number of halogens is 2. The van der Waals surface area contributed by atoms with Gasteiger partial charge in [-0.3, -0.25) is 9.59 Å². The third-order valence-corrected chi connectivity index (χ3v) is 4.64. The first-order chi connectivity index (χ1) is 13.3. The zero-order valence-electron chi connectivity index (χ0n) is 15.8. The van der Waals surface area contributed by atoms with Crippen LogP contribution in [0.4, 0.5) is 8.78 Å². The van der Waals surface area contributed by atoms with E-state index in [0.717, 1.165) is 0 Å². The molecule has 0 aliphatic carbocycles. The standard InChI is InChI=1S/C21H21F2N3O2/c1-4-24-26-13(3)18(16-9-6-10-17(23)19(16)21(26)28)20(27)25-12(2)14-7-5-8-15(22)11-14/h5-12,24H,4H2,1-3H3,(H,25,27)/t12-/m0/s1. The average Bonchev–Trinajstić information content (AvgIpc) is 2.65. The van der Waals surface area contributed by atoms with E-state index in [1.807, 2.05) is 0 Å². The van der Waals surface area contributed by atoms with Gasteiger partial charge in [0.15, 0.2) is 0 Å². The Morgan fingerprint density at radius 3 is 2.57 bits per heavy atom. The van der Waals surface area contributed by atoms with Crippen LogP contribution in [0.1, 0.15) is 41.5 Å². The summed E-state index contributed by atoms with van der Waals surface area (Å²) >= 11 is 0. The molecule has 0 aliphatic rings. The maximum atomic E-state index is 14.4. The van der Waals surface area contributed by atoms with Gasteiger partial charge in [0, 0.05) is 11.9 Å². The van der Waals surface area contributed by atoms with Gasteiger partial charge in [0.05, 0.1) is 22.7 Å². The first kappa shape index (κ1) is 19.5. The number of hydrogen-bond acceptors (Lipinski definition) is 3. The van der Waals surface area contributed by atoms with Crippen molar-refractivity contribution in [2.24, 2.45) is 0 Å². The van der Waals surface area contributed by atoms with Crippen LogP contribution < -0.4 is 16.3 Å². The largest absolute Gasteiger partial charge is 0.345 e. The molecule has 0 bridgehead atoms. The van der Waals surface area contributed by atoms with Crippen LogP contribution >= 0.6 is 0 Å². The molecular formula is C21H21F2N3O2. The van der Waals surface area contributed by atoms with Gasteiger partial charge in [0.1, 0.15) is 11.6 Å². The number of rotatable bonds is 5. The van der Waals surface area contributed by atoms with Crippen molar-refractivity contribution >= 4 is 16.7 Å². The minimum atomic E-state index is -0.693. The lowest BCUT2D eigenvalue weighted by atomic mass is 10.0. The van der Waals surface area contributed by atoms with E-state index >= 15 is 0 Å². The molecule has 0 fully saturated rings. The van der Waals surface area contributed by atoms with E-state index in [2.05, 4.69) is 10.7 Å². The molecule has 0 saturated carbocycles. The summed E-state index contributed by atoms with van der Waals surface area (Å²) in [6, 6.07) is 9.65. The van der Waals surface area contributed by atoms with Crippen molar-refractivity contribution in [3.63, 3.8) is 0 Å². The maximum absolute atomic E-state index is 14.4. The predicted molar refractivity (Wildman–Crippen MR) is 105 cm³/mol. The van der Waals surface area contributed by atoms with Gasteiger partial charge < -0.3 is 10.7 Å². The number of pyridine rings is 1. The first-order valence-electron chi connectivity index (χ1n) is 8.99. The Bertz CT molecular complexity index is 1110. The third kappa shape index (κ3) is 3.47. The fourth-order valence-corrected chi connectivity index (χ4v) is 3.28. The molecule has 1 amide bonds. The molecular weight excluding hydrogens is 364 g/mol. The summed E-state index contributed by atoms with van der Waals surface area (Å²) in [7, 11) is 0. The second-order valence-corrected chi connectivity index (χ2v) is 6.53. The fraction of sp³-hybridized carbons (Fsp3) is 0.238. The van der Waals surface area contributed by atoms with Gasteiger partial charge in [-0.25, -0.2) is 13.5 Å². The summed E-state index contributed by atoms with van der Waals surface area (Å²) in [5, 5.41) is 2.89. The highest BCUT2D eigenvalue weighted by molar-refractivity contribution is 6.08. The maximum Gasteiger partial charge on any atom is 0.279 e. The second-order valence-electron chi connectivity index (χ2n) is 6.53. The molecule has 0 aliphatic heterocycles. The summed E-state index contributed by atoms with van der Waals surface area (Å²) in [5.41, 5.74) is 3.47. The minimum absolute atomic E-state index is 0.155. The van der Waals surface area contributed by atoms with Crippen LogP contribution in [0.25, 0.3) is 10.8 Å². The molecule has 7 heteroatoms. The number of fused-ring (bicyclic) bond motifs is 1. The predicted octanol–water partition coefficient (Wildman–Crippen LogP) is 3.64. The summed E-state index contributed by atoms with van der Waals surface area (Å²) in [6.07, 6.45) is 0. The van der Waals surface area contributed by atoms with Crippen LogP contribution in [-0.2, 0) is 0 Å². The van der Waals surface area contributed by atoms with E-state index in [-0.39, 0.29) is 16.3 Å². The fourth-order valence-electron chi connectivity index (χ4n) is 3.28. The topological polar surface area (TPSA) is 63.1 Å². The van der Waals surface area contributed by atoms with Crippen molar-refractivity contribution in [2.75, 3.05) is 12.0 Å². The molecule has 0 saturated heterocycles. The molecule has 5 nitrogen and oxygen atoms in total. The highest BCUT2D eigenvalue weighted by Gasteiger charge is 2.22. The summed E-state index contributed by atoms with van der Waals surface area (Å²) < 4.78 is 29.1. The number of carbonyl (C=O) groups excluding carboxylic acids is 1. The Balaban J connectivity index is 2.12. The smallest absolute Gasteiger partial charge is 0.279 e. The highest BCUT2D eigenvalue weighted by atomic mass is 19.1. The summed E-state index contributed by atoms with van der Waals surface area (Å²) in [4.78, 5) is 25.8. The summed E-state index contributed by atoms with van der Waals surface area (Å²) in [6.45, 7) is 5.56. The molecule has 1 atom stereocenters. The second kappa shape index (κ2) is 7.80. The van der Waals surface area contributed by atoms with E-state index < -0.39 is 29.1 Å². The Labute approximate surface area is 161 Å². The molecule has 2 N–H and O–H groups in total. The Morgan fingerprint density at radius 1 is 1.18 bits per heavy atom. The van der Waals surface area contributed by atoms with E-state index in [1.165, 1.54) is 28.9 Å². The Hall–Kier alpha value is -3.22. The van der Waals surface area contributed by atoms with E-state index in [1.54, 1.807) is 39.0 Å². The van der Waals surface area contributed by atoms with Crippen LogP contribution in [0.3, 0.4) is 0 Å². The van der Waals surface area contributed by atoms with E-state index in [4.69, 9.17) is 0 Å². The van der Waals surface area contributed by atoms with Gasteiger partial charge in [0.2, 0.25) is 0 Å². The monoisotopic (exact) mass is 385 g/mol. The van der Waals surface area contributed by atoms with Crippen LogP contribution in [0.2, 0.25) is 0 Å². The average molecular weight is 385 g/mol. The Morgan fingerprint density at radius 2 is 1.89 bits per heavy atom. The van der Waals surface area contributed by atoms with Gasteiger partial charge in [0.25, 0.3) is 11.5 Å². The zero-order chi connectivity index (χ0) is 20.4. The lowest BCUT2D eigenvalue weighted by molar-refractivity contribution is 0.0940. The van der Waals surface area contributed by atoms with Crippen molar-refractivity contribution in [3.05, 3.63) is 81.3 Å². The number of amides is 1. The van der Waals surface area contributed by atoms with E-state index in [0.29, 0.717) is 17.8 Å². The highest BCUT2D eigenvalue weighted by Crippen LogP contribution is 2.23. The number of nitrogens with one attached hydrogen (secondary N) is 2. The number of nitrogens with zero attached hydrogens (tertiary/aromatic N) is 1. The number of carbonyl (C=O) groups is 1. The lowest BCUT2D eigenvalue weighted by Gasteiger charge is -2.20. The van der Waals surface area contributed by atoms with Crippen LogP contribution in [0.5, 0.6) is 0 Å². The van der Waals surface area contributed by atoms with E-state index in [9.17, 15) is 18.4 Å². The molecule has 1 aromatic heterocycles. The van der Waals surface area contributed by atoms with Crippen molar-refractivity contribution in [2.45, 2.75) is 26.8 Å². The van der Waals surface area contributed by atoms with Gasteiger partial charge in [-0.2, -0.15) is 0 Å². The van der Waals surface area contributed by atoms with Crippen molar-refractivity contribution < 1.29 is 13.6 Å². The number of aromatic nitrogens is 1. The van der Waals surface area contributed by atoms with Crippen molar-refractivity contribution in [1.82, 2.24) is 9.99 Å². The van der Waals surface area contributed by atoms with Gasteiger partial charge in [-0.1, -0.05) is 24.3 Å². The van der Waals surface area contributed by atoms with Crippen LogP contribution in [0, 0.1) is 18.6 Å². The lowest BCUT2D eigenvalue weighted by Crippen LogP contribution is -2.35. The number of benzene rings is 2. The molecule has 3 aromatic rings. The Kier molecular flexibility index (Phi) is 5.44. The minimum Gasteiger partial charge on any atom is -0.345 e. The molecule has 28 heavy (non-hydrogen) atoms. The van der Waals surface area contributed by atoms with Gasteiger partial charge >= 0.3 is 0 Å². The molecule has 3 rings (SSSR count). The van der Waals surface area contributed by atoms with Crippen molar-refractivity contribution in [1.29, 1.82) is 0 Å². The molecule has 1 heterocycles. The molecule has 0 radical (unpaired) electrons. The van der Waals surface area contributed by atoms with Crippen LogP contribution in [-0.4, -0.2) is 17.1 Å². The molecule has 0 spiro atoms. The zero-order valence-corrected chi connectivity index (χ0v) is 15.8. The van der Waals surface area contributed by atoms with Gasteiger partial charge in [-0.05, 0) is 44.5 Å². The van der Waals surface area contributed by atoms with Gasteiger partial charge in [-0.15, -0.1) is 0 Å². The quantitative estimate of drug-likeness (QED) is 0.705. The summed E-state index contributed by atoms with van der Waals surface area (Å²) in [5.74, 6) is -1.57. The number of hydrogen-bond donors (Lipinski definition) is 2. The first-order valence-corrected chi connectivity index (χ1v) is 8.99. The molecule has 146 valence electrons.